The Balaban J connectivity index is 0.00000484. The van der Waals surface area contributed by atoms with Crippen LogP contribution >= 0.6 is 24.0 Å². The maximum atomic E-state index is 12.6. The van der Waals surface area contributed by atoms with E-state index in [-0.39, 0.29) is 42.4 Å². The van der Waals surface area contributed by atoms with Crippen LogP contribution in [0.3, 0.4) is 0 Å². The first-order valence-electron chi connectivity index (χ1n) is 7.14. The van der Waals surface area contributed by atoms with Crippen LogP contribution in [0.2, 0.25) is 0 Å². The first kappa shape index (κ1) is 21.8. The molecule has 0 radical (unpaired) electrons. The third kappa shape index (κ3) is 8.29. The Bertz CT molecular complexity index is 495. The largest absolute Gasteiger partial charge is 0.492 e. The molecule has 23 heavy (non-hydrogen) atoms. The van der Waals surface area contributed by atoms with Crippen LogP contribution < -0.4 is 15.4 Å². The number of aliphatic imine (C=N–C) groups is 1. The summed E-state index contributed by atoms with van der Waals surface area (Å²) in [5.74, 6) is 0.837. The van der Waals surface area contributed by atoms with Gasteiger partial charge in [-0.1, -0.05) is 13.0 Å². The van der Waals surface area contributed by atoms with Crippen molar-refractivity contribution in [2.24, 2.45) is 4.99 Å². The molecule has 0 aromatic heterocycles. The van der Waals surface area contributed by atoms with Gasteiger partial charge in [0.05, 0.1) is 12.1 Å². The summed E-state index contributed by atoms with van der Waals surface area (Å²) in [7, 11) is 1.66. The van der Waals surface area contributed by atoms with E-state index in [9.17, 15) is 13.2 Å². The molecule has 0 heterocycles. The molecule has 1 aromatic rings. The molecule has 0 bridgehead atoms. The van der Waals surface area contributed by atoms with Crippen LogP contribution in [0.4, 0.5) is 13.2 Å². The van der Waals surface area contributed by atoms with E-state index in [1.807, 2.05) is 6.92 Å². The fourth-order valence-corrected chi connectivity index (χ4v) is 1.63. The standard InChI is InChI=1S/C15H22F3N3O.HI/c1-4-11(2)21-14(19-3)20-8-9-22-13-7-5-6-12(10-13)15(16,17)18;/h5-7,10-11H,4,8-9H2,1-3H3,(H2,19,20,21);1H. The predicted octanol–water partition coefficient (Wildman–Crippen LogP) is 3.67. The Labute approximate surface area is 151 Å². The summed E-state index contributed by atoms with van der Waals surface area (Å²) in [5.41, 5.74) is -0.716. The summed E-state index contributed by atoms with van der Waals surface area (Å²) >= 11 is 0. The minimum atomic E-state index is -4.36. The first-order chi connectivity index (χ1) is 10.4. The molecule has 0 saturated carbocycles. The number of ether oxygens (including phenoxy) is 1. The number of hydrogen-bond acceptors (Lipinski definition) is 2. The molecule has 0 aliphatic heterocycles. The highest BCUT2D eigenvalue weighted by Crippen LogP contribution is 2.31. The average molecular weight is 445 g/mol. The summed E-state index contributed by atoms with van der Waals surface area (Å²) in [6.45, 7) is 4.77. The fraction of sp³-hybridized carbons (Fsp3) is 0.533. The van der Waals surface area contributed by atoms with Crippen LogP contribution in [0.15, 0.2) is 29.3 Å². The second-order valence-corrected chi connectivity index (χ2v) is 4.83. The van der Waals surface area contributed by atoms with Gasteiger partial charge in [0.15, 0.2) is 5.96 Å². The minimum Gasteiger partial charge on any atom is -0.492 e. The smallest absolute Gasteiger partial charge is 0.416 e. The van der Waals surface area contributed by atoms with Crippen LogP contribution in [0.5, 0.6) is 5.75 Å². The van der Waals surface area contributed by atoms with Gasteiger partial charge in [-0.15, -0.1) is 24.0 Å². The number of nitrogens with zero attached hydrogens (tertiary/aromatic N) is 1. The van der Waals surface area contributed by atoms with Gasteiger partial charge in [0.25, 0.3) is 0 Å². The summed E-state index contributed by atoms with van der Waals surface area (Å²) < 4.78 is 43.0. The van der Waals surface area contributed by atoms with Crippen molar-refractivity contribution in [1.29, 1.82) is 0 Å². The van der Waals surface area contributed by atoms with Crippen molar-refractivity contribution in [3.8, 4) is 5.75 Å². The van der Waals surface area contributed by atoms with Crippen LogP contribution in [0.1, 0.15) is 25.8 Å². The first-order valence-corrected chi connectivity index (χ1v) is 7.14. The molecule has 1 atom stereocenters. The van der Waals surface area contributed by atoms with Gasteiger partial charge in [-0.05, 0) is 31.5 Å². The number of benzene rings is 1. The lowest BCUT2D eigenvalue weighted by molar-refractivity contribution is -0.137. The van der Waals surface area contributed by atoms with Crippen molar-refractivity contribution < 1.29 is 17.9 Å². The second-order valence-electron chi connectivity index (χ2n) is 4.83. The molecule has 1 unspecified atom stereocenters. The zero-order valence-electron chi connectivity index (χ0n) is 13.4. The predicted molar refractivity (Wildman–Crippen MR) is 96.6 cm³/mol. The van der Waals surface area contributed by atoms with Crippen molar-refractivity contribution in [1.82, 2.24) is 10.6 Å². The van der Waals surface area contributed by atoms with Crippen molar-refractivity contribution in [3.05, 3.63) is 29.8 Å². The molecular weight excluding hydrogens is 422 g/mol. The molecule has 4 nitrogen and oxygen atoms in total. The molecule has 0 aliphatic carbocycles. The molecule has 0 saturated heterocycles. The highest BCUT2D eigenvalue weighted by molar-refractivity contribution is 14.0. The van der Waals surface area contributed by atoms with Gasteiger partial charge in [-0.3, -0.25) is 4.99 Å². The minimum absolute atomic E-state index is 0. The fourth-order valence-electron chi connectivity index (χ4n) is 1.63. The molecule has 1 rings (SSSR count). The summed E-state index contributed by atoms with van der Waals surface area (Å²) in [5, 5.41) is 6.22. The van der Waals surface area contributed by atoms with E-state index in [4.69, 9.17) is 4.74 Å². The number of rotatable bonds is 6. The number of halogens is 4. The van der Waals surface area contributed by atoms with E-state index in [1.165, 1.54) is 12.1 Å². The molecule has 0 fully saturated rings. The van der Waals surface area contributed by atoms with E-state index in [2.05, 4.69) is 22.5 Å². The quantitative estimate of drug-likeness (QED) is 0.304. The summed E-state index contributed by atoms with van der Waals surface area (Å²) in [6.07, 6.45) is -3.40. The lowest BCUT2D eigenvalue weighted by Gasteiger charge is -2.16. The number of guanidine groups is 1. The van der Waals surface area contributed by atoms with Crippen molar-refractivity contribution in [2.75, 3.05) is 20.2 Å². The summed E-state index contributed by atoms with van der Waals surface area (Å²) in [6, 6.07) is 5.13. The Kier molecular flexibility index (Phi) is 10.0. The van der Waals surface area contributed by atoms with E-state index in [0.717, 1.165) is 18.6 Å². The Morgan fingerprint density at radius 2 is 2.04 bits per heavy atom. The summed E-state index contributed by atoms with van der Waals surface area (Å²) in [4.78, 5) is 4.06. The van der Waals surface area contributed by atoms with Gasteiger partial charge < -0.3 is 15.4 Å². The van der Waals surface area contributed by atoms with Crippen LogP contribution in [-0.2, 0) is 6.18 Å². The average Bonchev–Trinajstić information content (AvgIpc) is 2.49. The molecule has 8 heteroatoms. The molecule has 1 aromatic carbocycles. The van der Waals surface area contributed by atoms with Gasteiger partial charge >= 0.3 is 6.18 Å². The van der Waals surface area contributed by atoms with Gasteiger partial charge in [0.2, 0.25) is 0 Å². The third-order valence-corrected chi connectivity index (χ3v) is 3.04. The van der Waals surface area contributed by atoms with Crippen molar-refractivity contribution >= 4 is 29.9 Å². The molecular formula is C15H23F3IN3O. The van der Waals surface area contributed by atoms with E-state index >= 15 is 0 Å². The highest BCUT2D eigenvalue weighted by atomic mass is 127. The van der Waals surface area contributed by atoms with Crippen LogP contribution in [0, 0.1) is 0 Å². The third-order valence-electron chi connectivity index (χ3n) is 3.04. The van der Waals surface area contributed by atoms with E-state index in [1.54, 1.807) is 7.05 Å². The SMILES string of the molecule is CCC(C)NC(=NC)NCCOc1cccc(C(F)(F)F)c1.I. The zero-order chi connectivity index (χ0) is 16.6. The van der Waals surface area contributed by atoms with Crippen molar-refractivity contribution in [2.45, 2.75) is 32.5 Å². The van der Waals surface area contributed by atoms with Crippen LogP contribution in [0.25, 0.3) is 0 Å². The normalized spacial score (nSPS) is 13.0. The van der Waals surface area contributed by atoms with E-state index < -0.39 is 11.7 Å². The second kappa shape index (κ2) is 10.6. The molecule has 0 aliphatic rings. The lowest BCUT2D eigenvalue weighted by Crippen LogP contribution is -2.43. The maximum absolute atomic E-state index is 12.6. The van der Waals surface area contributed by atoms with Crippen LogP contribution in [-0.4, -0.2) is 32.2 Å². The highest BCUT2D eigenvalue weighted by Gasteiger charge is 2.30. The van der Waals surface area contributed by atoms with E-state index in [0.29, 0.717) is 12.5 Å². The lowest BCUT2D eigenvalue weighted by atomic mass is 10.2. The number of nitrogens with one attached hydrogen (secondary N) is 2. The Morgan fingerprint density at radius 3 is 2.61 bits per heavy atom. The van der Waals surface area contributed by atoms with Gasteiger partial charge in [-0.2, -0.15) is 13.2 Å². The zero-order valence-corrected chi connectivity index (χ0v) is 15.7. The molecule has 0 amide bonds. The molecule has 132 valence electrons. The molecule has 2 N–H and O–H groups in total. The maximum Gasteiger partial charge on any atom is 0.416 e. The monoisotopic (exact) mass is 445 g/mol. The Morgan fingerprint density at radius 1 is 1.35 bits per heavy atom. The topological polar surface area (TPSA) is 45.7 Å². The Hall–Kier alpha value is -1.19. The molecule has 0 spiro atoms. The van der Waals surface area contributed by atoms with Gasteiger partial charge in [0, 0.05) is 13.1 Å². The van der Waals surface area contributed by atoms with Gasteiger partial charge in [0.1, 0.15) is 12.4 Å². The van der Waals surface area contributed by atoms with Gasteiger partial charge in [-0.25, -0.2) is 0 Å². The number of hydrogen-bond donors (Lipinski definition) is 2. The van der Waals surface area contributed by atoms with Crippen molar-refractivity contribution in [3.63, 3.8) is 0 Å². The number of alkyl halides is 3.